The SMILES string of the molecule is CCCCc1noc([C@H](C)N[C@H]2CCN(C(=O)C(C)C)C[C@H]2C)n1. The molecule has 1 aliphatic rings. The number of amides is 1. The Labute approximate surface area is 145 Å². The van der Waals surface area contributed by atoms with E-state index in [2.05, 4.69) is 36.2 Å². The third-order valence-corrected chi connectivity index (χ3v) is 4.78. The second kappa shape index (κ2) is 8.60. The Morgan fingerprint density at radius 2 is 2.17 bits per heavy atom. The fourth-order valence-electron chi connectivity index (χ4n) is 3.23. The molecule has 1 saturated heterocycles. The van der Waals surface area contributed by atoms with Crippen molar-refractivity contribution in [3.8, 4) is 0 Å². The second-order valence-corrected chi connectivity index (χ2v) is 7.35. The van der Waals surface area contributed by atoms with Crippen molar-refractivity contribution in [2.75, 3.05) is 13.1 Å². The summed E-state index contributed by atoms with van der Waals surface area (Å²) >= 11 is 0. The van der Waals surface area contributed by atoms with E-state index in [-0.39, 0.29) is 17.9 Å². The first-order chi connectivity index (χ1) is 11.4. The predicted octanol–water partition coefficient (Wildman–Crippen LogP) is 2.96. The molecule has 0 aromatic carbocycles. The summed E-state index contributed by atoms with van der Waals surface area (Å²) in [5.41, 5.74) is 0. The maximum atomic E-state index is 12.2. The van der Waals surface area contributed by atoms with Crippen LogP contribution in [0.15, 0.2) is 4.52 Å². The van der Waals surface area contributed by atoms with Gasteiger partial charge in [-0.15, -0.1) is 0 Å². The lowest BCUT2D eigenvalue weighted by Gasteiger charge is -2.39. The van der Waals surface area contributed by atoms with Gasteiger partial charge in [-0.2, -0.15) is 4.98 Å². The first-order valence-corrected chi connectivity index (χ1v) is 9.29. The van der Waals surface area contributed by atoms with E-state index >= 15 is 0 Å². The van der Waals surface area contributed by atoms with Crippen LogP contribution in [0, 0.1) is 11.8 Å². The highest BCUT2D eigenvalue weighted by atomic mass is 16.5. The number of rotatable bonds is 7. The molecule has 24 heavy (non-hydrogen) atoms. The minimum absolute atomic E-state index is 0.0349. The Kier molecular flexibility index (Phi) is 6.78. The van der Waals surface area contributed by atoms with Crippen LogP contribution in [-0.2, 0) is 11.2 Å². The Hall–Kier alpha value is -1.43. The minimum atomic E-state index is 0.0349. The molecule has 1 aromatic rings. The summed E-state index contributed by atoms with van der Waals surface area (Å²) in [6, 6.07) is 0.398. The van der Waals surface area contributed by atoms with Gasteiger partial charge in [0.15, 0.2) is 5.82 Å². The van der Waals surface area contributed by atoms with E-state index in [1.165, 1.54) is 0 Å². The van der Waals surface area contributed by atoms with E-state index < -0.39 is 0 Å². The van der Waals surface area contributed by atoms with Crippen LogP contribution in [0.1, 0.15) is 71.6 Å². The summed E-state index contributed by atoms with van der Waals surface area (Å²) < 4.78 is 5.40. The van der Waals surface area contributed by atoms with Gasteiger partial charge in [0, 0.05) is 31.5 Å². The van der Waals surface area contributed by atoms with Crippen molar-refractivity contribution >= 4 is 5.91 Å². The van der Waals surface area contributed by atoms with Crippen LogP contribution < -0.4 is 5.32 Å². The summed E-state index contributed by atoms with van der Waals surface area (Å²) in [6.07, 6.45) is 4.04. The summed E-state index contributed by atoms with van der Waals surface area (Å²) in [4.78, 5) is 18.6. The number of carbonyl (C=O) groups is 1. The second-order valence-electron chi connectivity index (χ2n) is 7.35. The monoisotopic (exact) mass is 336 g/mol. The van der Waals surface area contributed by atoms with Gasteiger partial charge < -0.3 is 14.7 Å². The first-order valence-electron chi connectivity index (χ1n) is 9.29. The Balaban J connectivity index is 1.87. The molecule has 2 rings (SSSR count). The fourth-order valence-corrected chi connectivity index (χ4v) is 3.23. The van der Waals surface area contributed by atoms with Gasteiger partial charge >= 0.3 is 0 Å². The highest BCUT2D eigenvalue weighted by Crippen LogP contribution is 2.22. The zero-order chi connectivity index (χ0) is 17.7. The van der Waals surface area contributed by atoms with Crippen molar-refractivity contribution in [3.63, 3.8) is 0 Å². The number of piperidine rings is 1. The van der Waals surface area contributed by atoms with E-state index in [0.717, 1.165) is 44.6 Å². The Morgan fingerprint density at radius 1 is 1.42 bits per heavy atom. The van der Waals surface area contributed by atoms with Gasteiger partial charge in [0.2, 0.25) is 11.8 Å². The molecule has 0 radical (unpaired) electrons. The quantitative estimate of drug-likeness (QED) is 0.829. The molecule has 0 unspecified atom stereocenters. The molecule has 1 fully saturated rings. The Morgan fingerprint density at radius 3 is 2.79 bits per heavy atom. The summed E-state index contributed by atoms with van der Waals surface area (Å²) in [7, 11) is 0. The van der Waals surface area contributed by atoms with Gasteiger partial charge in [0.05, 0.1) is 6.04 Å². The van der Waals surface area contributed by atoms with Gasteiger partial charge in [-0.3, -0.25) is 4.79 Å². The lowest BCUT2D eigenvalue weighted by Crippen LogP contribution is -2.51. The number of carbonyl (C=O) groups excluding carboxylic acids is 1. The molecule has 6 heteroatoms. The molecule has 1 aromatic heterocycles. The van der Waals surface area contributed by atoms with Crippen molar-refractivity contribution in [2.45, 2.75) is 72.4 Å². The molecule has 2 heterocycles. The average Bonchev–Trinajstić information content (AvgIpc) is 3.03. The Bertz CT molecular complexity index is 529. The molecule has 3 atom stereocenters. The summed E-state index contributed by atoms with van der Waals surface area (Å²) in [6.45, 7) is 12.0. The van der Waals surface area contributed by atoms with Crippen LogP contribution in [0.5, 0.6) is 0 Å². The molecular weight excluding hydrogens is 304 g/mol. The van der Waals surface area contributed by atoms with Gasteiger partial charge in [-0.05, 0) is 25.7 Å². The third-order valence-electron chi connectivity index (χ3n) is 4.78. The van der Waals surface area contributed by atoms with E-state index in [1.807, 2.05) is 18.7 Å². The number of nitrogens with zero attached hydrogens (tertiary/aromatic N) is 3. The van der Waals surface area contributed by atoms with Crippen LogP contribution >= 0.6 is 0 Å². The van der Waals surface area contributed by atoms with Crippen molar-refractivity contribution in [2.24, 2.45) is 11.8 Å². The highest BCUT2D eigenvalue weighted by Gasteiger charge is 2.31. The predicted molar refractivity (Wildman–Crippen MR) is 93.4 cm³/mol. The molecule has 0 aliphatic carbocycles. The van der Waals surface area contributed by atoms with Crippen LogP contribution in [0.25, 0.3) is 0 Å². The number of aryl methyl sites for hydroxylation is 1. The standard InChI is InChI=1S/C18H32N4O2/c1-6-7-8-16-20-17(24-21-16)14(5)19-15-9-10-22(11-13(15)4)18(23)12(2)3/h12-15,19H,6-11H2,1-5H3/t13-,14+,15+/m1/s1. The lowest BCUT2D eigenvalue weighted by molar-refractivity contribution is -0.136. The molecular formula is C18H32N4O2. The normalized spacial score (nSPS) is 22.8. The maximum absolute atomic E-state index is 12.2. The van der Waals surface area contributed by atoms with Crippen molar-refractivity contribution in [3.05, 3.63) is 11.7 Å². The zero-order valence-corrected chi connectivity index (χ0v) is 15.7. The van der Waals surface area contributed by atoms with E-state index in [9.17, 15) is 4.79 Å². The number of aromatic nitrogens is 2. The number of hydrogen-bond donors (Lipinski definition) is 1. The number of unbranched alkanes of at least 4 members (excludes halogenated alkanes) is 1. The van der Waals surface area contributed by atoms with Crippen molar-refractivity contribution in [1.82, 2.24) is 20.4 Å². The molecule has 1 N–H and O–H groups in total. The average molecular weight is 336 g/mol. The van der Waals surface area contributed by atoms with Crippen molar-refractivity contribution < 1.29 is 9.32 Å². The van der Waals surface area contributed by atoms with E-state index in [4.69, 9.17) is 4.52 Å². The van der Waals surface area contributed by atoms with Gasteiger partial charge in [-0.25, -0.2) is 0 Å². The third kappa shape index (κ3) is 4.79. The maximum Gasteiger partial charge on any atom is 0.243 e. The molecule has 0 saturated carbocycles. The van der Waals surface area contributed by atoms with Crippen LogP contribution in [0.3, 0.4) is 0 Å². The zero-order valence-electron chi connectivity index (χ0n) is 15.7. The largest absolute Gasteiger partial charge is 0.342 e. The molecule has 0 bridgehead atoms. The summed E-state index contributed by atoms with van der Waals surface area (Å²) in [5, 5.41) is 7.67. The van der Waals surface area contributed by atoms with E-state index in [1.54, 1.807) is 0 Å². The topological polar surface area (TPSA) is 71.3 Å². The van der Waals surface area contributed by atoms with Crippen LogP contribution in [-0.4, -0.2) is 40.1 Å². The molecule has 136 valence electrons. The van der Waals surface area contributed by atoms with Gasteiger partial charge in [0.1, 0.15) is 0 Å². The number of hydrogen-bond acceptors (Lipinski definition) is 5. The fraction of sp³-hybridized carbons (Fsp3) is 0.833. The van der Waals surface area contributed by atoms with Crippen molar-refractivity contribution in [1.29, 1.82) is 0 Å². The minimum Gasteiger partial charge on any atom is -0.342 e. The molecule has 1 amide bonds. The van der Waals surface area contributed by atoms with Crippen LogP contribution in [0.4, 0.5) is 0 Å². The number of likely N-dealkylation sites (tertiary alicyclic amines) is 1. The van der Waals surface area contributed by atoms with Gasteiger partial charge in [0.25, 0.3) is 0 Å². The molecule has 1 aliphatic heterocycles. The first kappa shape index (κ1) is 18.9. The summed E-state index contributed by atoms with van der Waals surface area (Å²) in [5.74, 6) is 2.19. The molecule has 0 spiro atoms. The highest BCUT2D eigenvalue weighted by molar-refractivity contribution is 5.78. The van der Waals surface area contributed by atoms with E-state index in [0.29, 0.717) is 17.9 Å². The number of nitrogens with one attached hydrogen (secondary N) is 1. The smallest absolute Gasteiger partial charge is 0.243 e. The lowest BCUT2D eigenvalue weighted by atomic mass is 9.92. The van der Waals surface area contributed by atoms with Crippen LogP contribution in [0.2, 0.25) is 0 Å². The molecule has 6 nitrogen and oxygen atoms in total. The van der Waals surface area contributed by atoms with Gasteiger partial charge in [-0.1, -0.05) is 39.3 Å².